The Labute approximate surface area is 221 Å². The number of benzene rings is 3. The Bertz CT molecular complexity index is 1130. The lowest BCUT2D eigenvalue weighted by atomic mass is 10.0. The third-order valence-electron chi connectivity index (χ3n) is 6.70. The van der Waals surface area contributed by atoms with Crippen LogP contribution >= 0.6 is 0 Å². The number of nitrogens with one attached hydrogen (secondary N) is 1. The molecule has 3 rings (SSSR count). The van der Waals surface area contributed by atoms with Gasteiger partial charge in [-0.05, 0) is 62.4 Å². The summed E-state index contributed by atoms with van der Waals surface area (Å²) in [6.45, 7) is 8.94. The summed E-state index contributed by atoms with van der Waals surface area (Å²) < 4.78 is 5.85. The molecule has 2 atom stereocenters. The lowest BCUT2D eigenvalue weighted by Gasteiger charge is -2.33. The van der Waals surface area contributed by atoms with E-state index in [1.54, 1.807) is 4.90 Å². The second-order valence-electron chi connectivity index (χ2n) is 9.74. The summed E-state index contributed by atoms with van der Waals surface area (Å²) >= 11 is 0. The van der Waals surface area contributed by atoms with E-state index >= 15 is 0 Å². The van der Waals surface area contributed by atoms with Crippen molar-refractivity contribution in [3.05, 3.63) is 101 Å². The molecule has 0 saturated heterocycles. The van der Waals surface area contributed by atoms with Gasteiger partial charge >= 0.3 is 0 Å². The topological polar surface area (TPSA) is 58.6 Å². The van der Waals surface area contributed by atoms with Gasteiger partial charge in [-0.2, -0.15) is 0 Å². The van der Waals surface area contributed by atoms with Crippen LogP contribution in [0.25, 0.3) is 0 Å². The van der Waals surface area contributed by atoms with Crippen molar-refractivity contribution in [2.45, 2.75) is 72.0 Å². The van der Waals surface area contributed by atoms with Crippen LogP contribution in [-0.4, -0.2) is 35.4 Å². The smallest absolute Gasteiger partial charge is 0.243 e. The molecule has 0 aromatic heterocycles. The summed E-state index contributed by atoms with van der Waals surface area (Å²) in [5.74, 6) is 0.636. The predicted octanol–water partition coefficient (Wildman–Crippen LogP) is 6.02. The van der Waals surface area contributed by atoms with Crippen LogP contribution in [0.1, 0.15) is 55.4 Å². The Hall–Kier alpha value is -3.60. The SMILES string of the molecule is CCC(C)NC(=O)C(Cc1ccccc1)N(Cc1ccccc1C)C(=O)CCCOc1ccc(C)cc1. The third kappa shape index (κ3) is 8.78. The fourth-order valence-electron chi connectivity index (χ4n) is 4.16. The van der Waals surface area contributed by atoms with Crippen LogP contribution < -0.4 is 10.1 Å². The molecule has 0 aliphatic heterocycles. The van der Waals surface area contributed by atoms with E-state index in [2.05, 4.69) is 5.32 Å². The molecule has 196 valence electrons. The van der Waals surface area contributed by atoms with E-state index in [4.69, 9.17) is 4.74 Å². The maximum atomic E-state index is 13.7. The van der Waals surface area contributed by atoms with Crippen molar-refractivity contribution in [1.82, 2.24) is 10.2 Å². The number of hydrogen-bond acceptors (Lipinski definition) is 3. The maximum Gasteiger partial charge on any atom is 0.243 e. The first kappa shape index (κ1) is 28.0. The largest absolute Gasteiger partial charge is 0.494 e. The molecule has 5 nitrogen and oxygen atoms in total. The van der Waals surface area contributed by atoms with E-state index < -0.39 is 6.04 Å². The fourth-order valence-corrected chi connectivity index (χ4v) is 4.16. The van der Waals surface area contributed by atoms with Crippen LogP contribution in [0.3, 0.4) is 0 Å². The van der Waals surface area contributed by atoms with Crippen molar-refractivity contribution in [3.63, 3.8) is 0 Å². The maximum absolute atomic E-state index is 13.7. The van der Waals surface area contributed by atoms with Gasteiger partial charge in [-0.3, -0.25) is 9.59 Å². The number of rotatable bonds is 13. The van der Waals surface area contributed by atoms with Gasteiger partial charge in [0, 0.05) is 25.4 Å². The molecule has 0 spiro atoms. The summed E-state index contributed by atoms with van der Waals surface area (Å²) in [4.78, 5) is 29.0. The van der Waals surface area contributed by atoms with Gasteiger partial charge in [-0.1, -0.05) is 79.2 Å². The average Bonchev–Trinajstić information content (AvgIpc) is 2.91. The monoisotopic (exact) mass is 500 g/mol. The zero-order chi connectivity index (χ0) is 26.6. The van der Waals surface area contributed by atoms with Crippen LogP contribution in [0.15, 0.2) is 78.9 Å². The second kappa shape index (κ2) is 14.2. The number of ether oxygens (including phenoxy) is 1. The summed E-state index contributed by atoms with van der Waals surface area (Å²) in [6, 6.07) is 25.3. The summed E-state index contributed by atoms with van der Waals surface area (Å²) in [5.41, 5.74) is 4.34. The molecule has 3 aromatic carbocycles. The molecule has 5 heteroatoms. The van der Waals surface area contributed by atoms with Gasteiger partial charge in [0.1, 0.15) is 11.8 Å². The number of aryl methyl sites for hydroxylation is 2. The molecule has 37 heavy (non-hydrogen) atoms. The van der Waals surface area contributed by atoms with Crippen LogP contribution in [0.2, 0.25) is 0 Å². The zero-order valence-electron chi connectivity index (χ0n) is 22.6. The van der Waals surface area contributed by atoms with Crippen LogP contribution in [0.5, 0.6) is 5.75 Å². The Kier molecular flexibility index (Phi) is 10.8. The highest BCUT2D eigenvalue weighted by Crippen LogP contribution is 2.19. The first-order chi connectivity index (χ1) is 17.9. The molecule has 2 unspecified atom stereocenters. The minimum atomic E-state index is -0.610. The highest BCUT2D eigenvalue weighted by Gasteiger charge is 2.31. The standard InChI is InChI=1S/C32H40N2O3/c1-5-26(4)33-32(36)30(22-27-13-7-6-8-14-27)34(23-28-15-10-9-12-25(28)3)31(35)16-11-21-37-29-19-17-24(2)18-20-29/h6-10,12-15,17-20,26,30H,5,11,16,21-23H2,1-4H3,(H,33,36). The molecule has 0 saturated carbocycles. The van der Waals surface area contributed by atoms with Crippen molar-refractivity contribution in [1.29, 1.82) is 0 Å². The normalized spacial score (nSPS) is 12.4. The predicted molar refractivity (Wildman–Crippen MR) is 149 cm³/mol. The van der Waals surface area contributed by atoms with Gasteiger partial charge in [-0.25, -0.2) is 0 Å². The average molecular weight is 501 g/mol. The minimum absolute atomic E-state index is 0.0316. The molecule has 0 heterocycles. The van der Waals surface area contributed by atoms with Gasteiger partial charge in [0.2, 0.25) is 11.8 Å². The molecule has 0 bridgehead atoms. The quantitative estimate of drug-likeness (QED) is 0.292. The molecule has 0 aliphatic rings. The molecular weight excluding hydrogens is 460 g/mol. The molecule has 2 amide bonds. The first-order valence-electron chi connectivity index (χ1n) is 13.2. The highest BCUT2D eigenvalue weighted by molar-refractivity contribution is 5.88. The minimum Gasteiger partial charge on any atom is -0.494 e. The fraction of sp³-hybridized carbons (Fsp3) is 0.375. The lowest BCUT2D eigenvalue weighted by molar-refractivity contribution is -0.141. The molecule has 1 N–H and O–H groups in total. The van der Waals surface area contributed by atoms with E-state index in [9.17, 15) is 9.59 Å². The molecule has 0 radical (unpaired) electrons. The number of hydrogen-bond donors (Lipinski definition) is 1. The Balaban J connectivity index is 1.80. The van der Waals surface area contributed by atoms with Gasteiger partial charge in [-0.15, -0.1) is 0 Å². The summed E-state index contributed by atoms with van der Waals surface area (Å²) in [6.07, 6.45) is 2.16. The van der Waals surface area contributed by atoms with Crippen LogP contribution in [-0.2, 0) is 22.6 Å². The van der Waals surface area contributed by atoms with E-state index in [1.165, 1.54) is 5.56 Å². The van der Waals surface area contributed by atoms with Crippen molar-refractivity contribution in [3.8, 4) is 5.75 Å². The molecule has 3 aromatic rings. The zero-order valence-corrected chi connectivity index (χ0v) is 22.6. The molecule has 0 fully saturated rings. The number of amides is 2. The van der Waals surface area contributed by atoms with E-state index in [0.717, 1.165) is 28.9 Å². The van der Waals surface area contributed by atoms with Crippen LogP contribution in [0.4, 0.5) is 0 Å². The van der Waals surface area contributed by atoms with E-state index in [1.807, 2.05) is 107 Å². The van der Waals surface area contributed by atoms with Gasteiger partial charge in [0.05, 0.1) is 6.61 Å². The van der Waals surface area contributed by atoms with E-state index in [0.29, 0.717) is 32.4 Å². The number of nitrogens with zero attached hydrogens (tertiary/aromatic N) is 1. The van der Waals surface area contributed by atoms with Crippen molar-refractivity contribution in [2.24, 2.45) is 0 Å². The molecular formula is C32H40N2O3. The van der Waals surface area contributed by atoms with Crippen molar-refractivity contribution >= 4 is 11.8 Å². The third-order valence-corrected chi connectivity index (χ3v) is 6.70. The Morgan fingerprint density at radius 2 is 1.59 bits per heavy atom. The second-order valence-corrected chi connectivity index (χ2v) is 9.74. The summed E-state index contributed by atoms with van der Waals surface area (Å²) in [5, 5.41) is 3.12. The van der Waals surface area contributed by atoms with Crippen molar-refractivity contribution < 1.29 is 14.3 Å². The van der Waals surface area contributed by atoms with Gasteiger partial charge < -0.3 is 15.0 Å². The van der Waals surface area contributed by atoms with Crippen LogP contribution in [0, 0.1) is 13.8 Å². The highest BCUT2D eigenvalue weighted by atomic mass is 16.5. The van der Waals surface area contributed by atoms with E-state index in [-0.39, 0.29) is 17.9 Å². The number of carbonyl (C=O) groups excluding carboxylic acids is 2. The Morgan fingerprint density at radius 1 is 0.919 bits per heavy atom. The van der Waals surface area contributed by atoms with Gasteiger partial charge in [0.25, 0.3) is 0 Å². The lowest BCUT2D eigenvalue weighted by Crippen LogP contribution is -2.52. The number of carbonyl (C=O) groups is 2. The Morgan fingerprint density at radius 3 is 2.27 bits per heavy atom. The van der Waals surface area contributed by atoms with Gasteiger partial charge in [0.15, 0.2) is 0 Å². The summed E-state index contributed by atoms with van der Waals surface area (Å²) in [7, 11) is 0. The first-order valence-corrected chi connectivity index (χ1v) is 13.2. The molecule has 0 aliphatic carbocycles. The van der Waals surface area contributed by atoms with Crippen molar-refractivity contribution in [2.75, 3.05) is 6.61 Å².